The maximum atomic E-state index is 5.04. The zero-order chi connectivity index (χ0) is 23.9. The summed E-state index contributed by atoms with van der Waals surface area (Å²) in [7, 11) is 3.34. The van der Waals surface area contributed by atoms with E-state index in [1.54, 1.807) is 0 Å². The van der Waals surface area contributed by atoms with E-state index in [4.69, 9.17) is 19.9 Å². The first-order valence-corrected chi connectivity index (χ1v) is 21.9. The quantitative estimate of drug-likeness (QED) is 0.286. The molecule has 6 atom stereocenters. The fourth-order valence-corrected chi connectivity index (χ4v) is 109. The van der Waals surface area contributed by atoms with Gasteiger partial charge in [-0.15, -0.1) is 0 Å². The molecule has 0 aliphatic carbocycles. The Balaban J connectivity index is 1.21. The molecule has 186 valence electrons. The van der Waals surface area contributed by atoms with E-state index in [1.165, 1.54) is 39.9 Å². The Morgan fingerprint density at radius 1 is 0.743 bits per heavy atom. The van der Waals surface area contributed by atoms with Crippen molar-refractivity contribution in [3.8, 4) is 0 Å². The molecule has 0 aromatic carbocycles. The third-order valence-corrected chi connectivity index (χ3v) is 68.7. The Bertz CT molecular complexity index is 1740. The maximum absolute atomic E-state index is 5.04. The van der Waals surface area contributed by atoms with Crippen molar-refractivity contribution in [3.63, 3.8) is 0 Å². The molecule has 0 amide bonds. The predicted molar refractivity (Wildman–Crippen MR) is 141 cm³/mol. The second-order valence-corrected chi connectivity index (χ2v) is 45.8. The van der Waals surface area contributed by atoms with Crippen LogP contribution in [0, 0.1) is 0 Å². The number of hydrogen-bond donors (Lipinski definition) is 0. The molecular weight excluding hydrogens is 510 g/mol. The minimum atomic E-state index is -3.88. The molecule has 10 fully saturated rings. The molecule has 4 nitrogen and oxygen atoms in total. The number of fused-ring (bicyclic) bond motifs is 10. The molecule has 10 aliphatic heterocycles. The van der Waals surface area contributed by atoms with Gasteiger partial charge in [-0.25, -0.2) is 0 Å². The summed E-state index contributed by atoms with van der Waals surface area (Å²) in [6.07, 6.45) is 9.42. The summed E-state index contributed by atoms with van der Waals surface area (Å²) in [6, 6.07) is 3.96. The summed E-state index contributed by atoms with van der Waals surface area (Å²) in [5.41, 5.74) is 0. The first kappa shape index (κ1) is 18.7. The normalized spacial score (nSPS) is 67.7. The van der Waals surface area contributed by atoms with Gasteiger partial charge in [0.05, 0.1) is 0 Å². The summed E-state index contributed by atoms with van der Waals surface area (Å²) in [5, 5.41) is 0.467. The standard InChI is InChI=1S/C23H31N4P2.C5H5.Fe/c1-21(2,3)29(22(4,5)6)16-17-10-7-11-18(17)23(28,19-24-12-8-13-25-19)20-26-14-9-15-27-20;1-2-4-5-3-1;/h7-15H,16,28H2,1-6H3;1-5H;. The van der Waals surface area contributed by atoms with E-state index in [0.717, 1.165) is 16.5 Å². The second kappa shape index (κ2) is 2.53. The molecule has 0 radical (unpaired) electrons. The van der Waals surface area contributed by atoms with Crippen molar-refractivity contribution in [2.45, 2.75) is 104 Å². The third kappa shape index (κ3) is 0.424. The van der Waals surface area contributed by atoms with Crippen LogP contribution in [0.5, 0.6) is 0 Å². The molecule has 0 saturated carbocycles. The van der Waals surface area contributed by atoms with Crippen LogP contribution < -0.4 is 0 Å². The average molecular weight is 546 g/mol. The SMILES string of the molecule is CC(C)(C)P(C[C]12[CH]3[CH]4[CH]5[C]1(C(P)(c1ncccn1)c1ncccn1)[Fe]43521678[CH]2[CH]1[CH]6[CH]7[CH]28)C(C)(C)C. The van der Waals surface area contributed by atoms with Crippen LogP contribution in [0.1, 0.15) is 53.2 Å². The Kier molecular flexibility index (Phi) is 1.35. The van der Waals surface area contributed by atoms with E-state index in [0.29, 0.717) is 18.9 Å². The Hall–Kier alpha value is -0.461. The molecular formula is C28H36FeN4P2. The predicted octanol–water partition coefficient (Wildman–Crippen LogP) is 7.59. The first-order chi connectivity index (χ1) is 16.2. The van der Waals surface area contributed by atoms with Crippen molar-refractivity contribution in [1.29, 1.82) is 0 Å². The summed E-state index contributed by atoms with van der Waals surface area (Å²) < 4.78 is 1.11. The number of hydrogen-bond acceptors (Lipinski definition) is 4. The van der Waals surface area contributed by atoms with Gasteiger partial charge >= 0.3 is 203 Å². The summed E-state index contributed by atoms with van der Waals surface area (Å²) in [4.78, 5) is 29.7. The van der Waals surface area contributed by atoms with E-state index in [-0.39, 0.29) is 13.1 Å². The van der Waals surface area contributed by atoms with Gasteiger partial charge < -0.3 is 0 Å². The van der Waals surface area contributed by atoms with E-state index < -0.39 is 6.51 Å². The Morgan fingerprint density at radius 3 is 1.51 bits per heavy atom. The zero-order valence-corrected chi connectivity index (χ0v) is 24.6. The van der Waals surface area contributed by atoms with Crippen LogP contribution in [0.25, 0.3) is 0 Å². The molecule has 12 heterocycles. The molecule has 10 aliphatic rings. The number of nitrogens with zero attached hydrogens (tertiary/aromatic N) is 4. The molecule has 1 spiro atoms. The molecule has 10 saturated heterocycles. The van der Waals surface area contributed by atoms with Crippen molar-refractivity contribution in [1.82, 2.24) is 19.9 Å². The van der Waals surface area contributed by atoms with Gasteiger partial charge in [0.2, 0.25) is 0 Å². The van der Waals surface area contributed by atoms with E-state index in [9.17, 15) is 0 Å². The Labute approximate surface area is 201 Å². The summed E-state index contributed by atoms with van der Waals surface area (Å²) >= 11 is 0. The molecule has 6 unspecified atom stereocenters. The van der Waals surface area contributed by atoms with Gasteiger partial charge in [0, 0.05) is 0 Å². The van der Waals surface area contributed by atoms with Crippen molar-refractivity contribution in [2.75, 3.05) is 6.16 Å². The van der Waals surface area contributed by atoms with Crippen molar-refractivity contribution >= 4 is 17.2 Å². The minimum absolute atomic E-state index is 0.122. The molecule has 12 rings (SSSR count). The third-order valence-electron chi connectivity index (χ3n) is 19.6. The zero-order valence-electron chi connectivity index (χ0n) is 21.5. The van der Waals surface area contributed by atoms with Crippen LogP contribution in [0.2, 0.25) is 47.2 Å². The van der Waals surface area contributed by atoms with Crippen LogP contribution in [0.15, 0.2) is 36.9 Å². The van der Waals surface area contributed by atoms with Crippen LogP contribution in [0.3, 0.4) is 0 Å². The Morgan fingerprint density at radius 2 is 1.17 bits per heavy atom. The summed E-state index contributed by atoms with van der Waals surface area (Å²) in [5.74, 6) is 2.03. The van der Waals surface area contributed by atoms with Crippen LogP contribution in [0.4, 0.5) is 0 Å². The van der Waals surface area contributed by atoms with Gasteiger partial charge in [0.1, 0.15) is 0 Å². The molecule has 2 aromatic heterocycles. The van der Waals surface area contributed by atoms with Gasteiger partial charge in [0.25, 0.3) is 0 Å². The van der Waals surface area contributed by atoms with Gasteiger partial charge in [-0.1, -0.05) is 0 Å². The number of aromatic nitrogens is 4. The monoisotopic (exact) mass is 546 g/mol. The fraction of sp³-hybridized carbons (Fsp3) is 0.714. The topological polar surface area (TPSA) is 51.6 Å². The van der Waals surface area contributed by atoms with E-state index in [2.05, 4.69) is 50.8 Å². The van der Waals surface area contributed by atoms with Gasteiger partial charge in [-0.05, 0) is 0 Å². The van der Waals surface area contributed by atoms with Crippen molar-refractivity contribution < 1.29 is 6.51 Å². The van der Waals surface area contributed by atoms with Gasteiger partial charge in [-0.3, -0.25) is 0 Å². The van der Waals surface area contributed by atoms with E-state index in [1.807, 2.05) is 36.9 Å². The second-order valence-electron chi connectivity index (χ2n) is 17.8. The van der Waals surface area contributed by atoms with Crippen molar-refractivity contribution in [2.24, 2.45) is 0 Å². The van der Waals surface area contributed by atoms with Crippen LogP contribution in [-0.2, 0) is 11.7 Å². The van der Waals surface area contributed by atoms with Crippen LogP contribution >= 0.6 is 17.2 Å². The summed E-state index contributed by atoms with van der Waals surface area (Å²) in [6.45, 7) is 11.4. The molecule has 2 aromatic rings. The molecule has 7 heteroatoms. The van der Waals surface area contributed by atoms with Crippen molar-refractivity contribution in [3.05, 3.63) is 48.6 Å². The van der Waals surface area contributed by atoms with Gasteiger partial charge in [-0.2, -0.15) is 0 Å². The fourth-order valence-electron chi connectivity index (χ4n) is 21.8. The first-order valence-electron chi connectivity index (χ1n) is 13.6. The van der Waals surface area contributed by atoms with E-state index >= 15 is 0 Å². The van der Waals surface area contributed by atoms with Crippen LogP contribution in [-0.4, -0.2) is 36.4 Å². The molecule has 0 bridgehead atoms. The molecule has 35 heavy (non-hydrogen) atoms. The van der Waals surface area contributed by atoms with Gasteiger partial charge in [0.15, 0.2) is 0 Å². The number of rotatable bonds is 5. The average Bonchev–Trinajstić information content (AvgIpc) is 3.76. The molecule has 0 N–H and O–H groups in total.